The van der Waals surface area contributed by atoms with Crippen LogP contribution in [-0.4, -0.2) is 50.0 Å². The van der Waals surface area contributed by atoms with Crippen LogP contribution in [0.4, 0.5) is 0 Å². The number of ether oxygens (including phenoxy) is 1. The zero-order valence-electron chi connectivity index (χ0n) is 15.6. The van der Waals surface area contributed by atoms with Crippen LogP contribution in [-0.2, 0) is 11.2 Å². The average Bonchev–Trinajstić information content (AvgIpc) is 3.16. The fourth-order valence-electron chi connectivity index (χ4n) is 2.87. The van der Waals surface area contributed by atoms with E-state index in [2.05, 4.69) is 10.6 Å². The number of furan rings is 1. The Kier molecular flexibility index (Phi) is 13.7. The number of guanidine groups is 1. The van der Waals surface area contributed by atoms with Gasteiger partial charge in [0.25, 0.3) is 0 Å². The van der Waals surface area contributed by atoms with Gasteiger partial charge in [0.2, 0.25) is 0 Å². The Hall–Kier alpha value is -0.800. The fraction of sp³-hybridized carbons (Fsp3) is 0.737. The first-order valence-corrected chi connectivity index (χ1v) is 9.65. The summed E-state index contributed by atoms with van der Waals surface area (Å²) in [5, 5.41) is 15.6. The minimum Gasteiger partial charge on any atom is -0.469 e. The number of hydrogen-bond acceptors (Lipinski definition) is 4. The van der Waals surface area contributed by atoms with Crippen molar-refractivity contribution in [3.8, 4) is 0 Å². The molecule has 2 rings (SSSR count). The van der Waals surface area contributed by atoms with E-state index >= 15 is 0 Å². The molecule has 0 aliphatic carbocycles. The van der Waals surface area contributed by atoms with Gasteiger partial charge in [0.05, 0.1) is 18.9 Å². The lowest BCUT2D eigenvalue weighted by Crippen LogP contribution is -2.39. The number of nitrogens with one attached hydrogen (secondary N) is 2. The molecule has 0 saturated carbocycles. The van der Waals surface area contributed by atoms with Crippen LogP contribution in [0.25, 0.3) is 0 Å². The van der Waals surface area contributed by atoms with Crippen LogP contribution in [0.3, 0.4) is 0 Å². The molecule has 0 spiro atoms. The van der Waals surface area contributed by atoms with Gasteiger partial charge >= 0.3 is 0 Å². The van der Waals surface area contributed by atoms with Crippen molar-refractivity contribution in [2.24, 2.45) is 4.99 Å². The fourth-order valence-corrected chi connectivity index (χ4v) is 2.87. The molecular formula is C19H34IN3O3. The van der Waals surface area contributed by atoms with E-state index in [1.807, 2.05) is 12.1 Å². The quantitative estimate of drug-likeness (QED) is 0.197. The number of nitrogens with zero attached hydrogens (tertiary/aromatic N) is 1. The van der Waals surface area contributed by atoms with Crippen molar-refractivity contribution >= 4 is 29.9 Å². The molecule has 2 heterocycles. The first kappa shape index (κ1) is 23.2. The minimum absolute atomic E-state index is 0. The summed E-state index contributed by atoms with van der Waals surface area (Å²) in [5.74, 6) is 1.83. The lowest BCUT2D eigenvalue weighted by atomic mass is 10.1. The van der Waals surface area contributed by atoms with Crippen molar-refractivity contribution < 1.29 is 14.3 Å². The highest BCUT2D eigenvalue weighted by Crippen LogP contribution is 2.12. The van der Waals surface area contributed by atoms with Crippen LogP contribution < -0.4 is 10.6 Å². The van der Waals surface area contributed by atoms with E-state index in [0.717, 1.165) is 69.9 Å². The van der Waals surface area contributed by atoms with Gasteiger partial charge in [-0.3, -0.25) is 4.99 Å². The summed E-state index contributed by atoms with van der Waals surface area (Å²) in [7, 11) is 0. The number of aliphatic imine (C=N–C) groups is 1. The number of rotatable bonds is 11. The van der Waals surface area contributed by atoms with Gasteiger partial charge in [0, 0.05) is 32.7 Å². The number of aliphatic hydroxyl groups excluding tert-OH is 1. The largest absolute Gasteiger partial charge is 0.469 e. The molecule has 1 unspecified atom stereocenters. The zero-order chi connectivity index (χ0) is 17.6. The highest BCUT2D eigenvalue weighted by molar-refractivity contribution is 14.0. The second kappa shape index (κ2) is 15.3. The van der Waals surface area contributed by atoms with Crippen molar-refractivity contribution in [3.05, 3.63) is 24.2 Å². The maximum Gasteiger partial charge on any atom is 0.191 e. The third-order valence-electron chi connectivity index (χ3n) is 4.35. The molecule has 1 fully saturated rings. The molecule has 1 aliphatic rings. The van der Waals surface area contributed by atoms with Gasteiger partial charge in [-0.1, -0.05) is 12.8 Å². The SMILES string of the molecule is I.OCCCCCCNC(=NCC1CCCCO1)NCCc1ccco1. The Morgan fingerprint density at radius 1 is 1.15 bits per heavy atom. The van der Waals surface area contributed by atoms with E-state index in [1.165, 1.54) is 12.8 Å². The average molecular weight is 479 g/mol. The lowest BCUT2D eigenvalue weighted by molar-refractivity contribution is 0.0224. The van der Waals surface area contributed by atoms with Gasteiger partial charge in [0.15, 0.2) is 5.96 Å². The molecule has 7 heteroatoms. The van der Waals surface area contributed by atoms with Crippen molar-refractivity contribution in [3.63, 3.8) is 0 Å². The Bertz CT molecular complexity index is 463. The van der Waals surface area contributed by atoms with E-state index in [9.17, 15) is 0 Å². The van der Waals surface area contributed by atoms with Crippen molar-refractivity contribution in [1.29, 1.82) is 0 Å². The van der Waals surface area contributed by atoms with Crippen LogP contribution >= 0.6 is 24.0 Å². The van der Waals surface area contributed by atoms with Gasteiger partial charge in [0.1, 0.15) is 5.76 Å². The van der Waals surface area contributed by atoms with Gasteiger partial charge in [-0.05, 0) is 44.2 Å². The Labute approximate surface area is 174 Å². The predicted molar refractivity (Wildman–Crippen MR) is 115 cm³/mol. The molecule has 1 aromatic rings. The highest BCUT2D eigenvalue weighted by atomic mass is 127. The van der Waals surface area contributed by atoms with Gasteiger partial charge in [-0.15, -0.1) is 24.0 Å². The molecule has 150 valence electrons. The van der Waals surface area contributed by atoms with Crippen LogP contribution in [0.2, 0.25) is 0 Å². The summed E-state index contributed by atoms with van der Waals surface area (Å²) in [6, 6.07) is 3.90. The second-order valence-electron chi connectivity index (χ2n) is 6.50. The molecule has 6 nitrogen and oxygen atoms in total. The van der Waals surface area contributed by atoms with Crippen molar-refractivity contribution in [2.75, 3.05) is 32.8 Å². The Morgan fingerprint density at radius 2 is 2.00 bits per heavy atom. The maximum atomic E-state index is 8.82. The van der Waals surface area contributed by atoms with E-state index in [0.29, 0.717) is 6.54 Å². The normalized spacial score (nSPS) is 17.6. The number of unbranched alkanes of at least 4 members (excludes halogenated alkanes) is 3. The summed E-state index contributed by atoms with van der Waals surface area (Å²) in [5.41, 5.74) is 0. The van der Waals surface area contributed by atoms with Gasteiger partial charge in [-0.2, -0.15) is 0 Å². The summed E-state index contributed by atoms with van der Waals surface area (Å²) in [4.78, 5) is 4.70. The molecule has 1 aliphatic heterocycles. The molecule has 1 atom stereocenters. The zero-order valence-corrected chi connectivity index (χ0v) is 18.0. The van der Waals surface area contributed by atoms with Crippen molar-refractivity contribution in [1.82, 2.24) is 10.6 Å². The predicted octanol–water partition coefficient (Wildman–Crippen LogP) is 3.10. The van der Waals surface area contributed by atoms with E-state index in [1.54, 1.807) is 6.26 Å². The van der Waals surface area contributed by atoms with E-state index in [-0.39, 0.29) is 36.7 Å². The standard InChI is InChI=1S/C19H33N3O3.HI/c23-13-5-2-1-4-11-20-19(21-12-10-17-9-7-15-24-17)22-16-18-8-3-6-14-25-18;/h7,9,15,18,23H,1-6,8,10-14,16H2,(H2,20,21,22);1H. The third kappa shape index (κ3) is 10.4. The molecule has 0 radical (unpaired) electrons. The number of hydrogen-bond donors (Lipinski definition) is 3. The summed E-state index contributed by atoms with van der Waals surface area (Å²) >= 11 is 0. The molecule has 1 saturated heterocycles. The minimum atomic E-state index is 0. The third-order valence-corrected chi connectivity index (χ3v) is 4.35. The topological polar surface area (TPSA) is 79.0 Å². The summed E-state index contributed by atoms with van der Waals surface area (Å²) in [6.45, 7) is 3.54. The van der Waals surface area contributed by atoms with Gasteiger partial charge in [-0.25, -0.2) is 0 Å². The maximum absolute atomic E-state index is 8.82. The second-order valence-corrected chi connectivity index (χ2v) is 6.50. The first-order valence-electron chi connectivity index (χ1n) is 9.65. The molecule has 0 bridgehead atoms. The van der Waals surface area contributed by atoms with Crippen molar-refractivity contribution in [2.45, 2.75) is 57.5 Å². The van der Waals surface area contributed by atoms with Crippen LogP contribution in [0.1, 0.15) is 50.7 Å². The number of halogens is 1. The van der Waals surface area contributed by atoms with Gasteiger partial charge < -0.3 is 24.9 Å². The molecule has 3 N–H and O–H groups in total. The number of aliphatic hydroxyl groups is 1. The molecule has 0 amide bonds. The molecule has 1 aromatic heterocycles. The molecule has 26 heavy (non-hydrogen) atoms. The summed E-state index contributed by atoms with van der Waals surface area (Å²) < 4.78 is 11.1. The Balaban J connectivity index is 0.00000338. The Morgan fingerprint density at radius 3 is 2.73 bits per heavy atom. The smallest absolute Gasteiger partial charge is 0.191 e. The summed E-state index contributed by atoms with van der Waals surface area (Å²) in [6.07, 6.45) is 10.5. The van der Waals surface area contributed by atoms with E-state index < -0.39 is 0 Å². The van der Waals surface area contributed by atoms with Crippen LogP contribution in [0.15, 0.2) is 27.8 Å². The van der Waals surface area contributed by atoms with Crippen LogP contribution in [0, 0.1) is 0 Å². The molecular weight excluding hydrogens is 445 g/mol. The molecule has 0 aromatic carbocycles. The lowest BCUT2D eigenvalue weighted by Gasteiger charge is -2.21. The monoisotopic (exact) mass is 479 g/mol. The highest BCUT2D eigenvalue weighted by Gasteiger charge is 2.13. The first-order chi connectivity index (χ1) is 12.4. The van der Waals surface area contributed by atoms with Crippen LogP contribution in [0.5, 0.6) is 0 Å². The van der Waals surface area contributed by atoms with E-state index in [4.69, 9.17) is 19.3 Å².